The predicted octanol–water partition coefficient (Wildman–Crippen LogP) is 8.52. The number of hydrogen-bond donors (Lipinski definition) is 1. The van der Waals surface area contributed by atoms with Gasteiger partial charge in [0.2, 0.25) is 0 Å². The van der Waals surface area contributed by atoms with Crippen LogP contribution in [0.3, 0.4) is 0 Å². The van der Waals surface area contributed by atoms with Gasteiger partial charge in [-0.05, 0) is 70.2 Å². The van der Waals surface area contributed by atoms with Gasteiger partial charge in [-0.25, -0.2) is 0 Å². The first kappa shape index (κ1) is 23.5. The Morgan fingerprint density at radius 3 is 2.34 bits per heavy atom. The third-order valence-electron chi connectivity index (χ3n) is 5.76. The van der Waals surface area contributed by atoms with Gasteiger partial charge in [0.1, 0.15) is 0 Å². The second-order valence-electron chi connectivity index (χ2n) is 8.51. The molecule has 0 saturated heterocycles. The molecule has 0 aliphatic rings. The minimum absolute atomic E-state index is 0.129. The Morgan fingerprint density at radius 2 is 1.69 bits per heavy atom. The third-order valence-corrected chi connectivity index (χ3v) is 5.76. The molecule has 3 aromatic rings. The van der Waals surface area contributed by atoms with Gasteiger partial charge in [0, 0.05) is 11.3 Å². The van der Waals surface area contributed by atoms with Crippen molar-refractivity contribution in [3.63, 3.8) is 0 Å². The van der Waals surface area contributed by atoms with Crippen LogP contribution in [-0.2, 0) is 0 Å². The summed E-state index contributed by atoms with van der Waals surface area (Å²) in [6.07, 6.45) is 9.73. The van der Waals surface area contributed by atoms with Crippen LogP contribution in [0.2, 0.25) is 0 Å². The number of rotatable bonds is 9. The van der Waals surface area contributed by atoms with Gasteiger partial charge in [0.15, 0.2) is 0 Å². The molecule has 0 aliphatic carbocycles. The van der Waals surface area contributed by atoms with E-state index in [1.165, 1.54) is 28.0 Å². The average molecular weight is 425 g/mol. The molecule has 2 heteroatoms. The van der Waals surface area contributed by atoms with E-state index >= 15 is 0 Å². The zero-order valence-electron chi connectivity index (χ0n) is 20.2. The summed E-state index contributed by atoms with van der Waals surface area (Å²) in [6, 6.07) is 21.4. The first-order valence-electron chi connectivity index (χ1n) is 11.7. The lowest BCUT2D eigenvalue weighted by Gasteiger charge is -2.23. The maximum absolute atomic E-state index is 5.09. The molecule has 1 aromatic heterocycles. The molecule has 0 spiro atoms. The van der Waals surface area contributed by atoms with Crippen LogP contribution in [0.25, 0.3) is 11.3 Å². The number of benzene rings is 2. The predicted molar refractivity (Wildman–Crippen MR) is 139 cm³/mol. The summed E-state index contributed by atoms with van der Waals surface area (Å²) in [6.45, 7) is 10.8. The van der Waals surface area contributed by atoms with E-state index < -0.39 is 0 Å². The fourth-order valence-electron chi connectivity index (χ4n) is 4.33. The Hall–Kier alpha value is -3.13. The molecule has 2 nitrogen and oxygen atoms in total. The fourth-order valence-corrected chi connectivity index (χ4v) is 4.33. The number of aromatic nitrogens is 1. The number of pyridine rings is 1. The van der Waals surface area contributed by atoms with E-state index in [-0.39, 0.29) is 6.04 Å². The van der Waals surface area contributed by atoms with Crippen molar-refractivity contribution in [3.05, 3.63) is 107 Å². The summed E-state index contributed by atoms with van der Waals surface area (Å²) in [5, 5.41) is 3.86. The monoisotopic (exact) mass is 424 g/mol. The van der Waals surface area contributed by atoms with Crippen LogP contribution in [0.1, 0.15) is 61.5 Å². The van der Waals surface area contributed by atoms with Crippen molar-refractivity contribution >= 4 is 5.69 Å². The normalized spacial score (nSPS) is 12.8. The first-order chi connectivity index (χ1) is 15.5. The fraction of sp³-hybridized carbons (Fsp3) is 0.300. The van der Waals surface area contributed by atoms with Gasteiger partial charge in [-0.2, -0.15) is 0 Å². The standard InChI is InChI=1S/C30H36N2/c1-6-12-25(13-7-2)18-19-29(32-30-23(4)20-22(3)21-24(30)5)28-17-11-16-27(31-28)26-14-9-8-10-15-26/h6,8-17,20-21,29,32H,7,18-19H2,1-5H3/b12-6-,25-13+. The van der Waals surface area contributed by atoms with E-state index in [2.05, 4.69) is 113 Å². The lowest BCUT2D eigenvalue weighted by molar-refractivity contribution is 0.674. The number of nitrogens with zero attached hydrogens (tertiary/aromatic N) is 1. The zero-order valence-corrected chi connectivity index (χ0v) is 20.2. The van der Waals surface area contributed by atoms with Gasteiger partial charge >= 0.3 is 0 Å². The van der Waals surface area contributed by atoms with Crippen LogP contribution in [0.15, 0.2) is 84.5 Å². The zero-order chi connectivity index (χ0) is 22.9. The molecule has 0 amide bonds. The van der Waals surface area contributed by atoms with Gasteiger partial charge in [-0.1, -0.05) is 84.8 Å². The third kappa shape index (κ3) is 6.20. The van der Waals surface area contributed by atoms with Crippen LogP contribution in [0, 0.1) is 20.8 Å². The van der Waals surface area contributed by atoms with Crippen molar-refractivity contribution in [1.82, 2.24) is 4.98 Å². The van der Waals surface area contributed by atoms with E-state index in [9.17, 15) is 0 Å². The van der Waals surface area contributed by atoms with E-state index in [1.807, 2.05) is 6.07 Å². The number of anilines is 1. The Bertz CT molecular complexity index is 1050. The highest BCUT2D eigenvalue weighted by atomic mass is 15.0. The average Bonchev–Trinajstić information content (AvgIpc) is 2.79. The number of aryl methyl sites for hydroxylation is 3. The minimum atomic E-state index is 0.129. The molecule has 1 N–H and O–H groups in total. The van der Waals surface area contributed by atoms with Crippen molar-refractivity contribution < 1.29 is 0 Å². The molecule has 0 saturated carbocycles. The van der Waals surface area contributed by atoms with E-state index in [0.717, 1.165) is 36.2 Å². The Labute approximate surface area is 194 Å². The lowest BCUT2D eigenvalue weighted by atomic mass is 9.98. The van der Waals surface area contributed by atoms with Crippen LogP contribution in [0.4, 0.5) is 5.69 Å². The number of allylic oxidation sites excluding steroid dienone is 4. The van der Waals surface area contributed by atoms with Gasteiger partial charge in [-0.3, -0.25) is 4.98 Å². The van der Waals surface area contributed by atoms with Gasteiger partial charge in [-0.15, -0.1) is 0 Å². The maximum Gasteiger partial charge on any atom is 0.0706 e. The molecule has 0 aliphatic heterocycles. The van der Waals surface area contributed by atoms with Gasteiger partial charge in [0.05, 0.1) is 17.4 Å². The Balaban J connectivity index is 1.96. The molecule has 1 unspecified atom stereocenters. The highest BCUT2D eigenvalue weighted by Crippen LogP contribution is 2.31. The van der Waals surface area contributed by atoms with Crippen LogP contribution >= 0.6 is 0 Å². The molecule has 0 bridgehead atoms. The summed E-state index contributed by atoms with van der Waals surface area (Å²) >= 11 is 0. The quantitative estimate of drug-likeness (QED) is 0.348. The van der Waals surface area contributed by atoms with E-state index in [1.54, 1.807) is 0 Å². The van der Waals surface area contributed by atoms with Crippen molar-refractivity contribution in [2.24, 2.45) is 0 Å². The molecule has 166 valence electrons. The highest BCUT2D eigenvalue weighted by Gasteiger charge is 2.17. The molecule has 32 heavy (non-hydrogen) atoms. The SMILES string of the molecule is C/C=C\C(=C/CC)CCC(Nc1c(C)cc(C)cc1C)c1cccc(-c2ccccc2)n1. The maximum atomic E-state index is 5.09. The van der Waals surface area contributed by atoms with Crippen LogP contribution in [-0.4, -0.2) is 4.98 Å². The smallest absolute Gasteiger partial charge is 0.0706 e. The molecule has 3 rings (SSSR count). The summed E-state index contributed by atoms with van der Waals surface area (Å²) in [5.41, 5.74) is 9.72. The van der Waals surface area contributed by atoms with Gasteiger partial charge in [0.25, 0.3) is 0 Å². The second kappa shape index (κ2) is 11.5. The molecule has 0 fully saturated rings. The van der Waals surface area contributed by atoms with Crippen molar-refractivity contribution in [1.29, 1.82) is 0 Å². The first-order valence-corrected chi connectivity index (χ1v) is 11.7. The number of nitrogens with one attached hydrogen (secondary N) is 1. The minimum Gasteiger partial charge on any atom is -0.376 e. The van der Waals surface area contributed by atoms with E-state index in [4.69, 9.17) is 4.98 Å². The Morgan fingerprint density at radius 1 is 0.969 bits per heavy atom. The molecule has 0 radical (unpaired) electrons. The molecular weight excluding hydrogens is 388 g/mol. The highest BCUT2D eigenvalue weighted by molar-refractivity contribution is 5.61. The van der Waals surface area contributed by atoms with Crippen molar-refractivity contribution in [2.75, 3.05) is 5.32 Å². The molecule has 1 atom stereocenters. The summed E-state index contributed by atoms with van der Waals surface area (Å²) in [4.78, 5) is 5.09. The van der Waals surface area contributed by atoms with Crippen LogP contribution in [0.5, 0.6) is 0 Å². The number of hydrogen-bond acceptors (Lipinski definition) is 2. The van der Waals surface area contributed by atoms with E-state index in [0.29, 0.717) is 0 Å². The molecule has 1 heterocycles. The summed E-state index contributed by atoms with van der Waals surface area (Å²) < 4.78 is 0. The summed E-state index contributed by atoms with van der Waals surface area (Å²) in [5.74, 6) is 0. The van der Waals surface area contributed by atoms with Crippen LogP contribution < -0.4 is 5.32 Å². The van der Waals surface area contributed by atoms with Gasteiger partial charge < -0.3 is 5.32 Å². The summed E-state index contributed by atoms with van der Waals surface area (Å²) in [7, 11) is 0. The topological polar surface area (TPSA) is 24.9 Å². The molecule has 2 aromatic carbocycles. The van der Waals surface area contributed by atoms with Crippen molar-refractivity contribution in [2.45, 2.75) is 59.9 Å². The lowest BCUT2D eigenvalue weighted by Crippen LogP contribution is -2.15. The van der Waals surface area contributed by atoms with Crippen molar-refractivity contribution in [3.8, 4) is 11.3 Å². The largest absolute Gasteiger partial charge is 0.376 e. The Kier molecular flexibility index (Phi) is 8.44. The second-order valence-corrected chi connectivity index (χ2v) is 8.51. The molecular formula is C30H36N2.